The van der Waals surface area contributed by atoms with Crippen LogP contribution in [0.15, 0.2) is 67.0 Å². The van der Waals surface area contributed by atoms with Crippen LogP contribution in [0.4, 0.5) is 17.3 Å². The zero-order valence-corrected chi connectivity index (χ0v) is 10.8. The first-order chi connectivity index (χ1) is 9.84. The van der Waals surface area contributed by atoms with Gasteiger partial charge in [0, 0.05) is 23.6 Å². The molecule has 0 aliphatic heterocycles. The van der Waals surface area contributed by atoms with Gasteiger partial charge < -0.3 is 11.1 Å². The molecule has 0 amide bonds. The monoisotopic (exact) mass is 262 g/mol. The second-order valence-corrected chi connectivity index (χ2v) is 4.33. The zero-order chi connectivity index (χ0) is 13.8. The molecule has 0 saturated heterocycles. The Kier molecular flexibility index (Phi) is 3.29. The Hall–Kier alpha value is -2.88. The highest BCUT2D eigenvalue weighted by atomic mass is 15.1. The van der Waals surface area contributed by atoms with Crippen molar-refractivity contribution >= 4 is 17.3 Å². The molecule has 0 saturated carbocycles. The van der Waals surface area contributed by atoms with Crippen molar-refractivity contribution in [1.29, 1.82) is 0 Å². The van der Waals surface area contributed by atoms with Crippen LogP contribution in [0.2, 0.25) is 0 Å². The molecule has 20 heavy (non-hydrogen) atoms. The molecule has 3 aromatic rings. The van der Waals surface area contributed by atoms with Gasteiger partial charge in [0.05, 0.1) is 0 Å². The van der Waals surface area contributed by atoms with E-state index in [9.17, 15) is 0 Å². The molecular weight excluding hydrogens is 248 g/mol. The van der Waals surface area contributed by atoms with Crippen molar-refractivity contribution in [3.63, 3.8) is 0 Å². The molecule has 0 aliphatic carbocycles. The Morgan fingerprint density at radius 2 is 1.50 bits per heavy atom. The molecule has 0 radical (unpaired) electrons. The van der Waals surface area contributed by atoms with Crippen LogP contribution >= 0.6 is 0 Å². The van der Waals surface area contributed by atoms with Crippen molar-refractivity contribution in [1.82, 2.24) is 9.97 Å². The van der Waals surface area contributed by atoms with Gasteiger partial charge in [0.1, 0.15) is 0 Å². The SMILES string of the molecule is Nc1nccnc1Nc1ccccc1-c1ccccc1. The van der Waals surface area contributed by atoms with Crippen LogP contribution in [-0.2, 0) is 0 Å². The summed E-state index contributed by atoms with van der Waals surface area (Å²) in [6, 6.07) is 18.2. The molecule has 0 fully saturated rings. The van der Waals surface area contributed by atoms with Gasteiger partial charge in [0.15, 0.2) is 11.6 Å². The van der Waals surface area contributed by atoms with E-state index in [2.05, 4.69) is 33.5 Å². The predicted octanol–water partition coefficient (Wildman–Crippen LogP) is 3.47. The van der Waals surface area contributed by atoms with Crippen LogP contribution in [0, 0.1) is 0 Å². The summed E-state index contributed by atoms with van der Waals surface area (Å²) in [5.74, 6) is 0.950. The predicted molar refractivity (Wildman–Crippen MR) is 81.6 cm³/mol. The lowest BCUT2D eigenvalue weighted by molar-refractivity contribution is 1.21. The second-order valence-electron chi connectivity index (χ2n) is 4.33. The van der Waals surface area contributed by atoms with Crippen LogP contribution in [0.5, 0.6) is 0 Å². The molecule has 0 unspecified atom stereocenters. The quantitative estimate of drug-likeness (QED) is 0.758. The van der Waals surface area contributed by atoms with Crippen molar-refractivity contribution in [2.45, 2.75) is 0 Å². The van der Waals surface area contributed by atoms with E-state index >= 15 is 0 Å². The number of benzene rings is 2. The Bertz CT molecular complexity index is 710. The normalized spacial score (nSPS) is 10.2. The number of aromatic nitrogens is 2. The summed E-state index contributed by atoms with van der Waals surface area (Å²) in [5.41, 5.74) is 9.00. The maximum Gasteiger partial charge on any atom is 0.173 e. The molecule has 98 valence electrons. The Morgan fingerprint density at radius 3 is 2.30 bits per heavy atom. The molecule has 3 rings (SSSR count). The number of hydrogen-bond acceptors (Lipinski definition) is 4. The summed E-state index contributed by atoms with van der Waals surface area (Å²) in [4.78, 5) is 8.24. The van der Waals surface area contributed by atoms with E-state index in [0.717, 1.165) is 16.8 Å². The number of hydrogen-bond donors (Lipinski definition) is 2. The summed E-state index contributed by atoms with van der Waals surface area (Å²) in [6.45, 7) is 0. The minimum Gasteiger partial charge on any atom is -0.381 e. The molecule has 0 bridgehead atoms. The van der Waals surface area contributed by atoms with Gasteiger partial charge in [0.25, 0.3) is 0 Å². The van der Waals surface area contributed by atoms with E-state index in [-0.39, 0.29) is 0 Å². The van der Waals surface area contributed by atoms with E-state index in [1.807, 2.05) is 36.4 Å². The van der Waals surface area contributed by atoms with E-state index in [0.29, 0.717) is 11.6 Å². The number of nitrogens with two attached hydrogens (primary N) is 1. The lowest BCUT2D eigenvalue weighted by Crippen LogP contribution is -2.01. The summed E-state index contributed by atoms with van der Waals surface area (Å²) >= 11 is 0. The summed E-state index contributed by atoms with van der Waals surface area (Å²) in [7, 11) is 0. The summed E-state index contributed by atoms with van der Waals surface area (Å²) in [6.07, 6.45) is 3.19. The average Bonchev–Trinajstić information content (AvgIpc) is 2.51. The lowest BCUT2D eigenvalue weighted by atomic mass is 10.0. The van der Waals surface area contributed by atoms with Gasteiger partial charge in [-0.05, 0) is 11.6 Å². The van der Waals surface area contributed by atoms with Gasteiger partial charge in [-0.1, -0.05) is 48.5 Å². The first-order valence-electron chi connectivity index (χ1n) is 6.32. The van der Waals surface area contributed by atoms with Crippen LogP contribution in [-0.4, -0.2) is 9.97 Å². The van der Waals surface area contributed by atoms with Gasteiger partial charge in [0.2, 0.25) is 0 Å². The highest BCUT2D eigenvalue weighted by molar-refractivity contribution is 5.81. The third kappa shape index (κ3) is 2.44. The van der Waals surface area contributed by atoms with E-state index in [4.69, 9.17) is 5.73 Å². The lowest BCUT2D eigenvalue weighted by Gasteiger charge is -2.12. The topological polar surface area (TPSA) is 63.8 Å². The summed E-state index contributed by atoms with van der Waals surface area (Å²) < 4.78 is 0. The third-order valence-electron chi connectivity index (χ3n) is 2.99. The van der Waals surface area contributed by atoms with Gasteiger partial charge in [-0.3, -0.25) is 0 Å². The van der Waals surface area contributed by atoms with Crippen molar-refractivity contribution in [2.75, 3.05) is 11.1 Å². The molecule has 2 aromatic carbocycles. The zero-order valence-electron chi connectivity index (χ0n) is 10.8. The molecule has 0 aliphatic rings. The second kappa shape index (κ2) is 5.40. The number of nitrogens with one attached hydrogen (secondary N) is 1. The standard InChI is InChI=1S/C16H14N4/c17-15-16(19-11-10-18-15)20-14-9-5-4-8-13(14)12-6-2-1-3-7-12/h1-11H,(H2,17,18)(H,19,20). The van der Waals surface area contributed by atoms with Crippen LogP contribution in [0.3, 0.4) is 0 Å². The van der Waals surface area contributed by atoms with Crippen molar-refractivity contribution < 1.29 is 0 Å². The average molecular weight is 262 g/mol. The molecule has 0 spiro atoms. The van der Waals surface area contributed by atoms with Gasteiger partial charge in [-0.2, -0.15) is 0 Å². The third-order valence-corrected chi connectivity index (χ3v) is 2.99. The van der Waals surface area contributed by atoms with E-state index in [1.165, 1.54) is 0 Å². The first-order valence-corrected chi connectivity index (χ1v) is 6.32. The minimum absolute atomic E-state index is 0.385. The minimum atomic E-state index is 0.385. The Morgan fingerprint density at radius 1 is 0.800 bits per heavy atom. The number of anilines is 3. The number of nitrogen functional groups attached to an aromatic ring is 1. The molecule has 3 N–H and O–H groups in total. The van der Waals surface area contributed by atoms with Crippen molar-refractivity contribution in [3.05, 3.63) is 67.0 Å². The number of rotatable bonds is 3. The molecule has 0 atom stereocenters. The molecule has 1 aromatic heterocycles. The van der Waals surface area contributed by atoms with E-state index < -0.39 is 0 Å². The van der Waals surface area contributed by atoms with Crippen LogP contribution in [0.25, 0.3) is 11.1 Å². The fourth-order valence-corrected chi connectivity index (χ4v) is 2.03. The molecule has 4 nitrogen and oxygen atoms in total. The fraction of sp³-hybridized carbons (Fsp3) is 0. The smallest absolute Gasteiger partial charge is 0.173 e. The Balaban J connectivity index is 2.01. The maximum atomic E-state index is 5.82. The van der Waals surface area contributed by atoms with Crippen molar-refractivity contribution in [2.24, 2.45) is 0 Å². The van der Waals surface area contributed by atoms with Gasteiger partial charge >= 0.3 is 0 Å². The van der Waals surface area contributed by atoms with Gasteiger partial charge in [-0.15, -0.1) is 0 Å². The van der Waals surface area contributed by atoms with Crippen LogP contribution in [0.1, 0.15) is 0 Å². The van der Waals surface area contributed by atoms with Crippen LogP contribution < -0.4 is 11.1 Å². The summed E-state index contributed by atoms with van der Waals surface area (Å²) in [5, 5.41) is 3.24. The number of nitrogens with zero attached hydrogens (tertiary/aromatic N) is 2. The molecule has 1 heterocycles. The highest BCUT2D eigenvalue weighted by Crippen LogP contribution is 2.30. The van der Waals surface area contributed by atoms with Gasteiger partial charge in [-0.25, -0.2) is 9.97 Å². The fourth-order valence-electron chi connectivity index (χ4n) is 2.03. The van der Waals surface area contributed by atoms with Crippen molar-refractivity contribution in [3.8, 4) is 11.1 Å². The maximum absolute atomic E-state index is 5.82. The molecular formula is C16H14N4. The highest BCUT2D eigenvalue weighted by Gasteiger charge is 2.07. The first kappa shape index (κ1) is 12.2. The van der Waals surface area contributed by atoms with E-state index in [1.54, 1.807) is 12.4 Å². The Labute approximate surface area is 117 Å². The number of para-hydroxylation sites is 1. The molecule has 4 heteroatoms. The largest absolute Gasteiger partial charge is 0.381 e.